The Hall–Kier alpha value is -1.06. The predicted molar refractivity (Wildman–Crippen MR) is 53.7 cm³/mol. The summed E-state index contributed by atoms with van der Waals surface area (Å²) in [5.41, 5.74) is 0. The molecule has 0 unspecified atom stereocenters. The van der Waals surface area contributed by atoms with Crippen molar-refractivity contribution >= 4 is 11.8 Å². The van der Waals surface area contributed by atoms with Crippen LogP contribution in [0.15, 0.2) is 0 Å². The van der Waals surface area contributed by atoms with Crippen molar-refractivity contribution in [1.82, 2.24) is 9.80 Å². The summed E-state index contributed by atoms with van der Waals surface area (Å²) in [4.78, 5) is 26.2. The summed E-state index contributed by atoms with van der Waals surface area (Å²) < 4.78 is 0. The van der Waals surface area contributed by atoms with Gasteiger partial charge in [0.05, 0.1) is 0 Å². The molecule has 2 amide bonds. The summed E-state index contributed by atoms with van der Waals surface area (Å²) in [5, 5.41) is 0. The molecule has 0 aliphatic carbocycles. The number of amides is 2. The van der Waals surface area contributed by atoms with Crippen molar-refractivity contribution in [3.63, 3.8) is 0 Å². The Kier molecular flexibility index (Phi) is 3.92. The van der Waals surface area contributed by atoms with E-state index in [-0.39, 0.29) is 11.8 Å². The SMILES string of the molecule is CCCC(=O)N1CCN(C(C)=O)CC1. The van der Waals surface area contributed by atoms with Gasteiger partial charge >= 0.3 is 0 Å². The van der Waals surface area contributed by atoms with E-state index < -0.39 is 0 Å². The number of rotatable bonds is 2. The van der Waals surface area contributed by atoms with E-state index in [2.05, 4.69) is 0 Å². The maximum Gasteiger partial charge on any atom is 0.222 e. The van der Waals surface area contributed by atoms with Crippen molar-refractivity contribution in [2.75, 3.05) is 26.2 Å². The molecule has 0 radical (unpaired) electrons. The lowest BCUT2D eigenvalue weighted by molar-refractivity contribution is -0.138. The molecule has 1 aliphatic heterocycles. The van der Waals surface area contributed by atoms with E-state index in [0.717, 1.165) is 6.42 Å². The first-order chi connectivity index (χ1) is 6.65. The number of carbonyl (C=O) groups excluding carboxylic acids is 2. The fraction of sp³-hybridized carbons (Fsp3) is 0.800. The van der Waals surface area contributed by atoms with Crippen LogP contribution in [0.3, 0.4) is 0 Å². The lowest BCUT2D eigenvalue weighted by Crippen LogP contribution is -2.49. The largest absolute Gasteiger partial charge is 0.339 e. The van der Waals surface area contributed by atoms with Crippen molar-refractivity contribution < 1.29 is 9.59 Å². The summed E-state index contributed by atoms with van der Waals surface area (Å²) in [5.74, 6) is 0.322. The fourth-order valence-corrected chi connectivity index (χ4v) is 1.64. The van der Waals surface area contributed by atoms with E-state index in [1.165, 1.54) is 0 Å². The molecule has 0 aromatic rings. The molecule has 0 atom stereocenters. The zero-order chi connectivity index (χ0) is 10.6. The standard InChI is InChI=1S/C10H18N2O2/c1-3-4-10(14)12-7-5-11(6-8-12)9(2)13/h3-8H2,1-2H3. The van der Waals surface area contributed by atoms with E-state index in [1.54, 1.807) is 11.8 Å². The molecule has 80 valence electrons. The molecule has 4 nitrogen and oxygen atoms in total. The topological polar surface area (TPSA) is 40.6 Å². The molecule has 0 bridgehead atoms. The fourth-order valence-electron chi connectivity index (χ4n) is 1.64. The van der Waals surface area contributed by atoms with Gasteiger partial charge in [-0.05, 0) is 6.42 Å². The van der Waals surface area contributed by atoms with Gasteiger partial charge in [-0.1, -0.05) is 6.92 Å². The molecular formula is C10H18N2O2. The van der Waals surface area contributed by atoms with Gasteiger partial charge in [-0.3, -0.25) is 9.59 Å². The molecule has 0 aromatic heterocycles. The molecule has 14 heavy (non-hydrogen) atoms. The van der Waals surface area contributed by atoms with Gasteiger partial charge in [-0.15, -0.1) is 0 Å². The van der Waals surface area contributed by atoms with Crippen molar-refractivity contribution in [1.29, 1.82) is 0 Å². The average molecular weight is 198 g/mol. The van der Waals surface area contributed by atoms with Gasteiger partial charge in [0.25, 0.3) is 0 Å². The summed E-state index contributed by atoms with van der Waals surface area (Å²) in [6.07, 6.45) is 1.52. The van der Waals surface area contributed by atoms with Gasteiger partial charge in [0.1, 0.15) is 0 Å². The molecule has 0 saturated carbocycles. The first-order valence-corrected chi connectivity index (χ1v) is 5.18. The summed E-state index contributed by atoms with van der Waals surface area (Å²) in [6.45, 7) is 6.33. The van der Waals surface area contributed by atoms with Crippen molar-refractivity contribution in [3.05, 3.63) is 0 Å². The van der Waals surface area contributed by atoms with Gasteiger partial charge in [-0.25, -0.2) is 0 Å². The second kappa shape index (κ2) is 4.98. The van der Waals surface area contributed by atoms with E-state index in [1.807, 2.05) is 11.8 Å². The Balaban J connectivity index is 2.35. The van der Waals surface area contributed by atoms with Crippen LogP contribution in [0.2, 0.25) is 0 Å². The van der Waals surface area contributed by atoms with Crippen LogP contribution < -0.4 is 0 Å². The number of hydrogen-bond donors (Lipinski definition) is 0. The zero-order valence-electron chi connectivity index (χ0n) is 8.95. The monoisotopic (exact) mass is 198 g/mol. The highest BCUT2D eigenvalue weighted by molar-refractivity contribution is 5.77. The van der Waals surface area contributed by atoms with Gasteiger partial charge in [0, 0.05) is 39.5 Å². The van der Waals surface area contributed by atoms with Crippen LogP contribution in [0.5, 0.6) is 0 Å². The van der Waals surface area contributed by atoms with Crippen LogP contribution in [0.25, 0.3) is 0 Å². The molecule has 0 aromatic carbocycles. The minimum Gasteiger partial charge on any atom is -0.339 e. The lowest BCUT2D eigenvalue weighted by atomic mass is 10.2. The minimum absolute atomic E-state index is 0.104. The summed E-state index contributed by atoms with van der Waals surface area (Å²) in [7, 11) is 0. The molecule has 1 fully saturated rings. The minimum atomic E-state index is 0.104. The summed E-state index contributed by atoms with van der Waals surface area (Å²) in [6, 6.07) is 0. The van der Waals surface area contributed by atoms with Crippen LogP contribution in [0, 0.1) is 0 Å². The molecule has 1 heterocycles. The third-order valence-corrected chi connectivity index (χ3v) is 2.54. The maximum absolute atomic E-state index is 11.5. The molecule has 0 N–H and O–H groups in total. The smallest absolute Gasteiger partial charge is 0.222 e. The molecule has 0 spiro atoms. The van der Waals surface area contributed by atoms with Crippen molar-refractivity contribution in [2.45, 2.75) is 26.7 Å². The van der Waals surface area contributed by atoms with E-state index in [9.17, 15) is 9.59 Å². The van der Waals surface area contributed by atoms with Gasteiger partial charge in [-0.2, -0.15) is 0 Å². The number of carbonyl (C=O) groups is 2. The normalized spacial score (nSPS) is 17.0. The van der Waals surface area contributed by atoms with Gasteiger partial charge < -0.3 is 9.80 Å². The van der Waals surface area contributed by atoms with Crippen molar-refractivity contribution in [3.8, 4) is 0 Å². The third kappa shape index (κ3) is 2.72. The first kappa shape index (κ1) is 11.0. The van der Waals surface area contributed by atoms with E-state index in [4.69, 9.17) is 0 Å². The Bertz CT molecular complexity index is 220. The Labute approximate surface area is 84.9 Å². The first-order valence-electron chi connectivity index (χ1n) is 5.18. The molecule has 1 aliphatic rings. The van der Waals surface area contributed by atoms with Gasteiger partial charge in [0.15, 0.2) is 0 Å². The van der Waals surface area contributed by atoms with Crippen molar-refractivity contribution in [2.24, 2.45) is 0 Å². The van der Waals surface area contributed by atoms with E-state index in [0.29, 0.717) is 32.6 Å². The zero-order valence-corrected chi connectivity index (χ0v) is 8.95. The van der Waals surface area contributed by atoms with Crippen LogP contribution in [-0.4, -0.2) is 47.8 Å². The molecular weight excluding hydrogens is 180 g/mol. The van der Waals surface area contributed by atoms with Crippen LogP contribution >= 0.6 is 0 Å². The highest BCUT2D eigenvalue weighted by atomic mass is 16.2. The van der Waals surface area contributed by atoms with Gasteiger partial charge in [0.2, 0.25) is 11.8 Å². The molecule has 1 rings (SSSR count). The second-order valence-corrected chi connectivity index (χ2v) is 3.64. The predicted octanol–water partition coefficient (Wildman–Crippen LogP) is 0.477. The quantitative estimate of drug-likeness (QED) is 0.647. The second-order valence-electron chi connectivity index (χ2n) is 3.64. The number of piperazine rings is 1. The third-order valence-electron chi connectivity index (χ3n) is 2.54. The Morgan fingerprint density at radius 1 is 1.07 bits per heavy atom. The van der Waals surface area contributed by atoms with Crippen LogP contribution in [0.1, 0.15) is 26.7 Å². The highest BCUT2D eigenvalue weighted by Gasteiger charge is 2.21. The van der Waals surface area contributed by atoms with E-state index >= 15 is 0 Å². The lowest BCUT2D eigenvalue weighted by Gasteiger charge is -2.34. The molecule has 4 heteroatoms. The summed E-state index contributed by atoms with van der Waals surface area (Å²) >= 11 is 0. The van der Waals surface area contributed by atoms with Crippen LogP contribution in [-0.2, 0) is 9.59 Å². The molecule has 1 saturated heterocycles. The average Bonchev–Trinajstić information content (AvgIpc) is 2.18. The number of nitrogens with zero attached hydrogens (tertiary/aromatic N) is 2. The highest BCUT2D eigenvalue weighted by Crippen LogP contribution is 2.04. The van der Waals surface area contributed by atoms with Crippen LogP contribution in [0.4, 0.5) is 0 Å². The number of hydrogen-bond acceptors (Lipinski definition) is 2. The Morgan fingerprint density at radius 3 is 2.00 bits per heavy atom. The Morgan fingerprint density at radius 2 is 1.57 bits per heavy atom. The maximum atomic E-state index is 11.5.